The molecule has 0 aliphatic rings. The van der Waals surface area contributed by atoms with Gasteiger partial charge in [0.05, 0.1) is 0 Å². The number of rotatable bonds is 1. The van der Waals surface area contributed by atoms with E-state index in [1.54, 1.807) is 23.0 Å². The normalized spacial score (nSPS) is 8.50. The first kappa shape index (κ1) is 9.40. The van der Waals surface area contributed by atoms with E-state index in [2.05, 4.69) is 7.05 Å². The Balaban J connectivity index is 0.000000810. The Kier molecular flexibility index (Phi) is 3.33. The molecule has 0 spiro atoms. The van der Waals surface area contributed by atoms with Gasteiger partial charge in [0.25, 0.3) is 0 Å². The topological polar surface area (TPSA) is 22.0 Å². The molecule has 1 aromatic heterocycles. The fraction of sp³-hybridized carbons (Fsp3) is 0.143. The van der Waals surface area contributed by atoms with Crippen LogP contribution in [0.5, 0.6) is 0 Å². The zero-order valence-corrected chi connectivity index (χ0v) is 7.14. The van der Waals surface area contributed by atoms with Crippen molar-refractivity contribution in [2.75, 3.05) is 0 Å². The molecule has 1 radical (unpaired) electrons. The van der Waals surface area contributed by atoms with Gasteiger partial charge in [-0.2, -0.15) is 0 Å². The molecule has 0 bridgehead atoms. The van der Waals surface area contributed by atoms with E-state index >= 15 is 0 Å². The van der Waals surface area contributed by atoms with Crippen molar-refractivity contribution in [1.82, 2.24) is 4.57 Å². The summed E-state index contributed by atoms with van der Waals surface area (Å²) in [6.45, 7) is 1.54. The Bertz CT molecular complexity index is 229. The van der Waals surface area contributed by atoms with Gasteiger partial charge >= 0.3 is 0 Å². The molecule has 10 heavy (non-hydrogen) atoms. The number of hydrogen-bond donors (Lipinski definition) is 0. The van der Waals surface area contributed by atoms with Crippen LogP contribution in [0.4, 0.5) is 0 Å². The van der Waals surface area contributed by atoms with Crippen LogP contribution in [0.2, 0.25) is 0 Å². The van der Waals surface area contributed by atoms with E-state index in [1.165, 1.54) is 6.92 Å². The second kappa shape index (κ2) is 3.54. The maximum Gasteiger partial charge on any atom is 0.148 e. The number of ketones is 1. The van der Waals surface area contributed by atoms with E-state index in [-0.39, 0.29) is 24.3 Å². The molecule has 0 amide bonds. The van der Waals surface area contributed by atoms with E-state index in [0.29, 0.717) is 5.56 Å². The third-order valence-electron chi connectivity index (χ3n) is 1.16. The standard InChI is InChI=1S/C7H8NO.V/c1-6(9)7-3-4-8(2)5-7;/h3-5H,2H2,1H3;/q-1;. The Morgan fingerprint density at radius 3 is 2.50 bits per heavy atom. The van der Waals surface area contributed by atoms with Gasteiger partial charge in [0.15, 0.2) is 0 Å². The summed E-state index contributed by atoms with van der Waals surface area (Å²) in [7, 11) is 3.59. The minimum absolute atomic E-state index is 0. The average Bonchev–Trinajstić information content (AvgIpc) is 2.14. The Hall–Kier alpha value is -0.596. The molecule has 1 heterocycles. The summed E-state index contributed by atoms with van der Waals surface area (Å²) in [5.74, 6) is 0.0809. The third kappa shape index (κ3) is 1.97. The number of hydrogen-bond acceptors (Lipinski definition) is 1. The van der Waals surface area contributed by atoms with Crippen LogP contribution in [0.15, 0.2) is 18.5 Å². The van der Waals surface area contributed by atoms with Gasteiger partial charge in [-0.25, -0.2) is 0 Å². The first-order chi connectivity index (χ1) is 4.20. The summed E-state index contributed by atoms with van der Waals surface area (Å²) in [6.07, 6.45) is 3.44. The maximum absolute atomic E-state index is 10.6. The van der Waals surface area contributed by atoms with Crippen LogP contribution in [0.3, 0.4) is 0 Å². The number of carbonyl (C=O) groups excluding carboxylic acids is 1. The van der Waals surface area contributed by atoms with Crippen molar-refractivity contribution in [2.45, 2.75) is 6.92 Å². The zero-order chi connectivity index (χ0) is 6.85. The molecular formula is C7H8NOV-. The first-order valence-corrected chi connectivity index (χ1v) is 2.70. The summed E-state index contributed by atoms with van der Waals surface area (Å²) in [5.41, 5.74) is 0.713. The third-order valence-corrected chi connectivity index (χ3v) is 1.16. The molecular weight excluding hydrogens is 165 g/mol. The second-order valence-electron chi connectivity index (χ2n) is 1.97. The van der Waals surface area contributed by atoms with Gasteiger partial charge in [0.1, 0.15) is 5.78 Å². The molecule has 0 N–H and O–H groups in total. The smallest absolute Gasteiger partial charge is 0.148 e. The largest absolute Gasteiger partial charge is 0.493 e. The van der Waals surface area contributed by atoms with Gasteiger partial charge in [-0.1, -0.05) is 6.20 Å². The summed E-state index contributed by atoms with van der Waals surface area (Å²) >= 11 is 0. The number of aromatic nitrogens is 1. The summed E-state index contributed by atoms with van der Waals surface area (Å²) in [4.78, 5) is 10.6. The molecule has 0 fully saturated rings. The van der Waals surface area contributed by atoms with Crippen molar-refractivity contribution >= 4 is 5.78 Å². The SMILES string of the molecule is [CH2-]n1ccc(C(C)=O)c1.[V]. The van der Waals surface area contributed by atoms with Crippen LogP contribution >= 0.6 is 0 Å². The van der Waals surface area contributed by atoms with Gasteiger partial charge < -0.3 is 4.57 Å². The fourth-order valence-corrected chi connectivity index (χ4v) is 0.649. The minimum Gasteiger partial charge on any atom is -0.493 e. The van der Waals surface area contributed by atoms with E-state index in [4.69, 9.17) is 0 Å². The molecule has 0 aliphatic carbocycles. The van der Waals surface area contributed by atoms with Gasteiger partial charge in [0, 0.05) is 18.6 Å². The van der Waals surface area contributed by atoms with E-state index < -0.39 is 0 Å². The second-order valence-corrected chi connectivity index (χ2v) is 1.97. The van der Waals surface area contributed by atoms with Crippen LogP contribution < -0.4 is 0 Å². The van der Waals surface area contributed by atoms with Gasteiger partial charge in [0.2, 0.25) is 0 Å². The monoisotopic (exact) mass is 173 g/mol. The number of Topliss-reactive ketones (excluding diaryl/α,β-unsaturated/α-hetero) is 1. The molecule has 0 aromatic carbocycles. The quantitative estimate of drug-likeness (QED) is 0.463. The van der Waals surface area contributed by atoms with Crippen molar-refractivity contribution in [3.05, 3.63) is 31.1 Å². The summed E-state index contributed by atoms with van der Waals surface area (Å²) in [5, 5.41) is 0. The minimum atomic E-state index is 0. The van der Waals surface area contributed by atoms with E-state index in [0.717, 1.165) is 0 Å². The van der Waals surface area contributed by atoms with Crippen molar-refractivity contribution < 1.29 is 23.4 Å². The predicted octanol–water partition coefficient (Wildman–Crippen LogP) is 1.33. The molecule has 1 aromatic rings. The Morgan fingerprint density at radius 1 is 1.70 bits per heavy atom. The number of carbonyl (C=O) groups is 1. The zero-order valence-electron chi connectivity index (χ0n) is 5.74. The van der Waals surface area contributed by atoms with Crippen molar-refractivity contribution in [2.24, 2.45) is 0 Å². The van der Waals surface area contributed by atoms with Crippen LogP contribution in [-0.2, 0) is 18.6 Å². The Morgan fingerprint density at radius 2 is 2.30 bits per heavy atom. The predicted molar refractivity (Wildman–Crippen MR) is 35.2 cm³/mol. The average molecular weight is 173 g/mol. The van der Waals surface area contributed by atoms with Crippen LogP contribution in [-0.4, -0.2) is 10.4 Å². The molecule has 1 rings (SSSR count). The molecule has 0 atom stereocenters. The molecule has 0 unspecified atom stereocenters. The summed E-state index contributed by atoms with van der Waals surface area (Å²) in [6, 6.07) is 1.75. The molecule has 0 saturated heterocycles. The fourth-order valence-electron chi connectivity index (χ4n) is 0.649. The van der Waals surface area contributed by atoms with E-state index in [1.807, 2.05) is 0 Å². The van der Waals surface area contributed by atoms with Crippen LogP contribution in [0, 0.1) is 7.05 Å². The first-order valence-electron chi connectivity index (χ1n) is 2.70. The molecule has 0 saturated carbocycles. The summed E-state index contributed by atoms with van der Waals surface area (Å²) < 4.78 is 1.61. The van der Waals surface area contributed by atoms with Gasteiger partial charge in [-0.05, 0) is 12.5 Å². The molecule has 0 aliphatic heterocycles. The van der Waals surface area contributed by atoms with Gasteiger partial charge in [-0.15, -0.1) is 19.3 Å². The van der Waals surface area contributed by atoms with Crippen molar-refractivity contribution in [3.8, 4) is 0 Å². The molecule has 3 heteroatoms. The maximum atomic E-state index is 10.6. The number of nitrogens with zero attached hydrogens (tertiary/aromatic N) is 1. The van der Waals surface area contributed by atoms with Crippen molar-refractivity contribution in [1.29, 1.82) is 0 Å². The van der Waals surface area contributed by atoms with Crippen LogP contribution in [0.25, 0.3) is 0 Å². The van der Waals surface area contributed by atoms with Gasteiger partial charge in [-0.3, -0.25) is 4.79 Å². The molecule has 53 valence electrons. The molecule has 2 nitrogen and oxygen atoms in total. The van der Waals surface area contributed by atoms with E-state index in [9.17, 15) is 4.79 Å². The van der Waals surface area contributed by atoms with Crippen LogP contribution in [0.1, 0.15) is 17.3 Å². The van der Waals surface area contributed by atoms with Crippen molar-refractivity contribution in [3.63, 3.8) is 0 Å². The Labute approximate surface area is 72.1 Å².